The van der Waals surface area contributed by atoms with Gasteiger partial charge < -0.3 is 5.11 Å². The van der Waals surface area contributed by atoms with E-state index in [0.717, 1.165) is 6.07 Å². The highest BCUT2D eigenvalue weighted by molar-refractivity contribution is 9.10. The second-order valence-electron chi connectivity index (χ2n) is 2.59. The summed E-state index contributed by atoms with van der Waals surface area (Å²) in [6.45, 7) is -0.292. The first-order valence-corrected chi connectivity index (χ1v) is 4.56. The molecule has 0 bridgehead atoms. The lowest BCUT2D eigenvalue weighted by Crippen LogP contribution is -2.07. The topological polar surface area (TPSA) is 20.2 Å². The Morgan fingerprint density at radius 1 is 1.36 bits per heavy atom. The number of hydrogen-bond acceptors (Lipinski definition) is 1. The van der Waals surface area contributed by atoms with Crippen LogP contribution in [0.1, 0.15) is 11.1 Å². The maximum Gasteiger partial charge on any atom is 0.417 e. The van der Waals surface area contributed by atoms with E-state index in [4.69, 9.17) is 5.11 Å². The molecule has 1 aromatic carbocycles. The Balaban J connectivity index is 3.14. The number of halogens is 4. The van der Waals surface area contributed by atoms with Crippen LogP contribution in [0.2, 0.25) is 0 Å². The van der Waals surface area contributed by atoms with Crippen LogP contribution in [0.15, 0.2) is 22.7 Å². The Morgan fingerprint density at radius 3 is 2.50 bits per heavy atom. The molecule has 0 amide bonds. The van der Waals surface area contributed by atoms with Gasteiger partial charge in [0.05, 0.1) is 12.2 Å². The smallest absolute Gasteiger partial charge is 0.396 e. The number of aliphatic hydroxyl groups excluding tert-OH is 1. The molecule has 0 atom stereocenters. The van der Waals surface area contributed by atoms with Crippen molar-refractivity contribution in [3.63, 3.8) is 0 Å². The van der Waals surface area contributed by atoms with Gasteiger partial charge in [0.15, 0.2) is 0 Å². The van der Waals surface area contributed by atoms with Crippen LogP contribution >= 0.6 is 15.9 Å². The van der Waals surface area contributed by atoms with Gasteiger partial charge in [-0.3, -0.25) is 0 Å². The highest BCUT2D eigenvalue weighted by atomic mass is 79.9. The van der Waals surface area contributed by atoms with E-state index in [1.54, 1.807) is 0 Å². The monoisotopic (exact) mass is 267 g/mol. The maximum atomic E-state index is 12.4. The number of hydrogen-bond donors (Lipinski definition) is 1. The van der Waals surface area contributed by atoms with Gasteiger partial charge in [-0.15, -0.1) is 0 Å². The fraction of sp³-hybridized carbons (Fsp3) is 0.222. The Labute approximate surface area is 87.7 Å². The molecule has 0 fully saturated rings. The third kappa shape index (κ3) is 2.48. The van der Waals surface area contributed by atoms with E-state index >= 15 is 0 Å². The van der Waals surface area contributed by atoms with Crippen molar-refractivity contribution in [2.45, 2.75) is 6.18 Å². The van der Waals surface area contributed by atoms with Gasteiger partial charge in [-0.1, -0.05) is 12.1 Å². The van der Waals surface area contributed by atoms with E-state index in [1.165, 1.54) is 18.6 Å². The summed E-state index contributed by atoms with van der Waals surface area (Å²) in [4.78, 5) is 0. The Morgan fingerprint density at radius 2 is 2.00 bits per heavy atom. The molecule has 0 aliphatic carbocycles. The molecular formula is C9H7BrF3O. The molecule has 14 heavy (non-hydrogen) atoms. The summed E-state index contributed by atoms with van der Waals surface area (Å²) in [6.07, 6.45) is -3.07. The van der Waals surface area contributed by atoms with Crippen LogP contribution in [0.4, 0.5) is 13.2 Å². The van der Waals surface area contributed by atoms with E-state index < -0.39 is 11.7 Å². The molecule has 1 nitrogen and oxygen atoms in total. The maximum absolute atomic E-state index is 12.4. The molecule has 0 unspecified atom stereocenters. The standard InChI is InChI=1S/C9H7BrF3O/c10-8-6(4-5-14)2-1-3-7(8)9(11,12)13/h1-4,14H,5H2. The normalized spacial score (nSPS) is 11.8. The van der Waals surface area contributed by atoms with Gasteiger partial charge in [0.1, 0.15) is 0 Å². The van der Waals surface area contributed by atoms with Crippen molar-refractivity contribution in [1.29, 1.82) is 0 Å². The zero-order valence-electron chi connectivity index (χ0n) is 6.98. The molecule has 1 N–H and O–H groups in total. The van der Waals surface area contributed by atoms with Crippen molar-refractivity contribution in [1.82, 2.24) is 0 Å². The summed E-state index contributed by atoms with van der Waals surface area (Å²) in [6, 6.07) is 3.78. The van der Waals surface area contributed by atoms with Crippen molar-refractivity contribution in [3.8, 4) is 0 Å². The SMILES string of the molecule is OC[CH]c1cccc(C(F)(F)F)c1Br. The highest BCUT2D eigenvalue weighted by Gasteiger charge is 2.33. The largest absolute Gasteiger partial charge is 0.417 e. The van der Waals surface area contributed by atoms with Crippen LogP contribution in [-0.4, -0.2) is 11.7 Å². The lowest BCUT2D eigenvalue weighted by molar-refractivity contribution is -0.138. The van der Waals surface area contributed by atoms with Gasteiger partial charge in [-0.25, -0.2) is 0 Å². The number of rotatable bonds is 2. The minimum Gasteiger partial charge on any atom is -0.396 e. The van der Waals surface area contributed by atoms with Crippen LogP contribution in [-0.2, 0) is 6.18 Å². The molecule has 0 aliphatic rings. The van der Waals surface area contributed by atoms with Gasteiger partial charge in [-0.2, -0.15) is 13.2 Å². The van der Waals surface area contributed by atoms with Crippen molar-refractivity contribution >= 4 is 15.9 Å². The van der Waals surface area contributed by atoms with Gasteiger partial charge in [0.25, 0.3) is 0 Å². The molecule has 0 aliphatic heterocycles. The first-order chi connectivity index (χ1) is 6.46. The molecule has 0 aromatic heterocycles. The van der Waals surface area contributed by atoms with Crippen LogP contribution in [0.25, 0.3) is 0 Å². The van der Waals surface area contributed by atoms with Crippen LogP contribution < -0.4 is 0 Å². The van der Waals surface area contributed by atoms with E-state index in [9.17, 15) is 13.2 Å². The first kappa shape index (κ1) is 11.5. The Hall–Kier alpha value is -0.550. The lowest BCUT2D eigenvalue weighted by atomic mass is 10.1. The molecule has 0 spiro atoms. The van der Waals surface area contributed by atoms with E-state index in [-0.39, 0.29) is 11.1 Å². The average Bonchev–Trinajstić information content (AvgIpc) is 2.07. The van der Waals surface area contributed by atoms with Crippen LogP contribution in [0.5, 0.6) is 0 Å². The summed E-state index contributed by atoms with van der Waals surface area (Å²) in [5.41, 5.74) is -0.401. The highest BCUT2D eigenvalue weighted by Crippen LogP contribution is 2.36. The van der Waals surface area contributed by atoms with Crippen molar-refractivity contribution in [2.24, 2.45) is 0 Å². The summed E-state index contributed by atoms with van der Waals surface area (Å²) < 4.78 is 37.0. The van der Waals surface area contributed by atoms with Gasteiger partial charge in [-0.05, 0) is 27.6 Å². The minimum atomic E-state index is -4.38. The predicted octanol–water partition coefficient (Wildman–Crippen LogP) is 3.01. The molecule has 1 aromatic rings. The lowest BCUT2D eigenvalue weighted by Gasteiger charge is -2.11. The predicted molar refractivity (Wildman–Crippen MR) is 49.6 cm³/mol. The quantitative estimate of drug-likeness (QED) is 0.874. The second kappa shape index (κ2) is 4.31. The molecule has 77 valence electrons. The van der Waals surface area contributed by atoms with Crippen LogP contribution in [0.3, 0.4) is 0 Å². The van der Waals surface area contributed by atoms with E-state index in [0.29, 0.717) is 5.56 Å². The van der Waals surface area contributed by atoms with Gasteiger partial charge in [0, 0.05) is 10.9 Å². The van der Waals surface area contributed by atoms with Gasteiger partial charge >= 0.3 is 6.18 Å². The number of aliphatic hydroxyl groups is 1. The molecule has 0 saturated heterocycles. The Kier molecular flexibility index (Phi) is 3.55. The third-order valence-corrected chi connectivity index (χ3v) is 2.53. The molecule has 1 radical (unpaired) electrons. The molecule has 0 heterocycles. The minimum absolute atomic E-state index is 0.0402. The summed E-state index contributed by atoms with van der Waals surface area (Å²) in [7, 11) is 0. The number of benzene rings is 1. The van der Waals surface area contributed by atoms with Gasteiger partial charge in [0.2, 0.25) is 0 Å². The zero-order chi connectivity index (χ0) is 10.8. The summed E-state index contributed by atoms with van der Waals surface area (Å²) in [5.74, 6) is 0. The summed E-state index contributed by atoms with van der Waals surface area (Å²) >= 11 is 2.86. The Bertz CT molecular complexity index is 322. The van der Waals surface area contributed by atoms with E-state index in [1.807, 2.05) is 0 Å². The molecule has 5 heteroatoms. The third-order valence-electron chi connectivity index (χ3n) is 1.65. The molecular weight excluding hydrogens is 261 g/mol. The van der Waals surface area contributed by atoms with Crippen molar-refractivity contribution in [2.75, 3.05) is 6.61 Å². The average molecular weight is 268 g/mol. The van der Waals surface area contributed by atoms with E-state index in [2.05, 4.69) is 15.9 Å². The fourth-order valence-corrected chi connectivity index (χ4v) is 1.68. The second-order valence-corrected chi connectivity index (χ2v) is 3.39. The molecule has 1 rings (SSSR count). The zero-order valence-corrected chi connectivity index (χ0v) is 8.56. The number of alkyl halides is 3. The summed E-state index contributed by atoms with van der Waals surface area (Å²) in [5, 5.41) is 8.58. The van der Waals surface area contributed by atoms with Crippen molar-refractivity contribution in [3.05, 3.63) is 40.2 Å². The van der Waals surface area contributed by atoms with Crippen molar-refractivity contribution < 1.29 is 18.3 Å². The first-order valence-electron chi connectivity index (χ1n) is 3.76. The molecule has 0 saturated carbocycles. The fourth-order valence-electron chi connectivity index (χ4n) is 1.02. The van der Waals surface area contributed by atoms with Crippen LogP contribution in [0, 0.1) is 6.42 Å².